The zero-order valence-electron chi connectivity index (χ0n) is 8.07. The molecule has 72 valence electrons. The molecule has 1 aromatic carbocycles. The molecular weight excluding hydrogens is 176 g/mol. The summed E-state index contributed by atoms with van der Waals surface area (Å²) < 4.78 is 10.5. The normalized spacial score (nSPS) is 10.1. The molecule has 1 aromatic heterocycles. The van der Waals surface area contributed by atoms with Crippen molar-refractivity contribution in [2.75, 3.05) is 0 Å². The summed E-state index contributed by atoms with van der Waals surface area (Å²) in [5, 5.41) is 0. The lowest BCUT2D eigenvalue weighted by atomic mass is 10.2. The summed E-state index contributed by atoms with van der Waals surface area (Å²) in [6.45, 7) is 2.60. The van der Waals surface area contributed by atoms with Crippen molar-refractivity contribution in [2.45, 2.75) is 13.5 Å². The van der Waals surface area contributed by atoms with Crippen LogP contribution in [0, 0.1) is 6.92 Å². The molecule has 2 rings (SSSR count). The summed E-state index contributed by atoms with van der Waals surface area (Å²) in [6.07, 6.45) is 3.34. The third-order valence-electron chi connectivity index (χ3n) is 1.98. The first-order valence-corrected chi connectivity index (χ1v) is 4.55. The second-order valence-electron chi connectivity index (χ2n) is 3.24. The molecule has 2 aromatic rings. The van der Waals surface area contributed by atoms with Gasteiger partial charge in [-0.05, 0) is 30.7 Å². The predicted molar refractivity (Wildman–Crippen MR) is 54.2 cm³/mol. The van der Waals surface area contributed by atoms with E-state index in [-0.39, 0.29) is 0 Å². The van der Waals surface area contributed by atoms with Gasteiger partial charge in [0.2, 0.25) is 0 Å². The van der Waals surface area contributed by atoms with Crippen molar-refractivity contribution in [3.05, 3.63) is 54.0 Å². The highest BCUT2D eigenvalue weighted by Gasteiger charge is 1.96. The predicted octanol–water partition coefficient (Wildman–Crippen LogP) is 3.17. The Balaban J connectivity index is 1.98. The van der Waals surface area contributed by atoms with Crippen molar-refractivity contribution in [3.8, 4) is 5.75 Å². The van der Waals surface area contributed by atoms with Crippen LogP contribution in [0.1, 0.15) is 11.1 Å². The third-order valence-corrected chi connectivity index (χ3v) is 1.98. The van der Waals surface area contributed by atoms with Crippen molar-refractivity contribution in [1.82, 2.24) is 0 Å². The van der Waals surface area contributed by atoms with Crippen LogP contribution in [-0.2, 0) is 6.61 Å². The molecular formula is C12H12O2. The van der Waals surface area contributed by atoms with Gasteiger partial charge in [-0.2, -0.15) is 0 Å². The van der Waals surface area contributed by atoms with Crippen LogP contribution in [0.25, 0.3) is 0 Å². The minimum absolute atomic E-state index is 0.556. The van der Waals surface area contributed by atoms with Crippen molar-refractivity contribution in [1.29, 1.82) is 0 Å². The van der Waals surface area contributed by atoms with E-state index in [4.69, 9.17) is 9.15 Å². The Labute approximate surface area is 83.1 Å². The lowest BCUT2D eigenvalue weighted by Crippen LogP contribution is -1.93. The molecule has 0 bridgehead atoms. The standard InChI is InChI=1S/C12H12O2/c1-10-3-2-4-12(7-10)14-9-11-5-6-13-8-11/h2-8H,9H2,1H3. The lowest BCUT2D eigenvalue weighted by Gasteiger charge is -2.04. The maximum atomic E-state index is 5.57. The molecule has 0 spiro atoms. The summed E-state index contributed by atoms with van der Waals surface area (Å²) >= 11 is 0. The molecule has 0 saturated carbocycles. The number of ether oxygens (including phenoxy) is 1. The fourth-order valence-electron chi connectivity index (χ4n) is 1.25. The molecule has 0 aliphatic heterocycles. The van der Waals surface area contributed by atoms with Gasteiger partial charge in [-0.15, -0.1) is 0 Å². The van der Waals surface area contributed by atoms with Crippen LogP contribution in [0.15, 0.2) is 47.3 Å². The molecule has 0 amide bonds. The summed E-state index contributed by atoms with van der Waals surface area (Å²) in [5.41, 5.74) is 2.25. The Kier molecular flexibility index (Phi) is 2.54. The monoisotopic (exact) mass is 188 g/mol. The Morgan fingerprint density at radius 3 is 2.93 bits per heavy atom. The third kappa shape index (κ3) is 2.16. The van der Waals surface area contributed by atoms with Gasteiger partial charge in [-0.25, -0.2) is 0 Å². The topological polar surface area (TPSA) is 22.4 Å². The highest BCUT2D eigenvalue weighted by atomic mass is 16.5. The van der Waals surface area contributed by atoms with Gasteiger partial charge in [-0.1, -0.05) is 12.1 Å². The van der Waals surface area contributed by atoms with Crippen molar-refractivity contribution >= 4 is 0 Å². The molecule has 0 N–H and O–H groups in total. The van der Waals surface area contributed by atoms with Crippen LogP contribution in [-0.4, -0.2) is 0 Å². The van der Waals surface area contributed by atoms with Crippen LogP contribution in [0.2, 0.25) is 0 Å². The van der Waals surface area contributed by atoms with Gasteiger partial charge >= 0.3 is 0 Å². The van der Waals surface area contributed by atoms with E-state index in [0.717, 1.165) is 11.3 Å². The number of hydrogen-bond donors (Lipinski definition) is 0. The summed E-state index contributed by atoms with van der Waals surface area (Å²) in [7, 11) is 0. The number of furan rings is 1. The van der Waals surface area contributed by atoms with Gasteiger partial charge in [0.25, 0.3) is 0 Å². The van der Waals surface area contributed by atoms with Gasteiger partial charge in [-0.3, -0.25) is 0 Å². The van der Waals surface area contributed by atoms with E-state index >= 15 is 0 Å². The van der Waals surface area contributed by atoms with Gasteiger partial charge in [0.1, 0.15) is 12.4 Å². The van der Waals surface area contributed by atoms with E-state index in [1.807, 2.05) is 37.3 Å². The number of hydrogen-bond acceptors (Lipinski definition) is 2. The number of benzene rings is 1. The van der Waals surface area contributed by atoms with Gasteiger partial charge in [0.05, 0.1) is 12.5 Å². The number of rotatable bonds is 3. The highest BCUT2D eigenvalue weighted by Crippen LogP contribution is 2.14. The van der Waals surface area contributed by atoms with Gasteiger partial charge in [0, 0.05) is 5.56 Å². The first kappa shape index (κ1) is 8.88. The van der Waals surface area contributed by atoms with Crippen molar-refractivity contribution in [2.24, 2.45) is 0 Å². The molecule has 2 heteroatoms. The molecule has 0 radical (unpaired) electrons. The Bertz CT molecular complexity index is 390. The van der Waals surface area contributed by atoms with E-state index < -0.39 is 0 Å². The zero-order valence-corrected chi connectivity index (χ0v) is 8.07. The van der Waals surface area contributed by atoms with Gasteiger partial charge < -0.3 is 9.15 Å². The summed E-state index contributed by atoms with van der Waals surface area (Å²) in [5.74, 6) is 0.895. The highest BCUT2D eigenvalue weighted by molar-refractivity contribution is 5.27. The Morgan fingerprint density at radius 1 is 1.29 bits per heavy atom. The second kappa shape index (κ2) is 4.01. The zero-order chi connectivity index (χ0) is 9.80. The first-order chi connectivity index (χ1) is 6.84. The molecule has 0 aliphatic carbocycles. The molecule has 0 atom stereocenters. The van der Waals surface area contributed by atoms with Crippen LogP contribution in [0.3, 0.4) is 0 Å². The molecule has 2 nitrogen and oxygen atoms in total. The number of aryl methyl sites for hydroxylation is 1. The maximum absolute atomic E-state index is 5.57. The van der Waals surface area contributed by atoms with E-state index in [1.54, 1.807) is 12.5 Å². The minimum Gasteiger partial charge on any atom is -0.489 e. The average Bonchev–Trinajstić information content (AvgIpc) is 2.67. The largest absolute Gasteiger partial charge is 0.489 e. The smallest absolute Gasteiger partial charge is 0.120 e. The summed E-state index contributed by atoms with van der Waals surface area (Å²) in [4.78, 5) is 0. The lowest BCUT2D eigenvalue weighted by molar-refractivity contribution is 0.304. The van der Waals surface area contributed by atoms with Crippen molar-refractivity contribution in [3.63, 3.8) is 0 Å². The van der Waals surface area contributed by atoms with Crippen LogP contribution >= 0.6 is 0 Å². The second-order valence-corrected chi connectivity index (χ2v) is 3.24. The average molecular weight is 188 g/mol. The Morgan fingerprint density at radius 2 is 2.21 bits per heavy atom. The molecule has 0 fully saturated rings. The first-order valence-electron chi connectivity index (χ1n) is 4.55. The van der Waals surface area contributed by atoms with E-state index in [0.29, 0.717) is 6.61 Å². The molecule has 0 saturated heterocycles. The van der Waals surface area contributed by atoms with Crippen LogP contribution < -0.4 is 4.74 Å². The fourth-order valence-corrected chi connectivity index (χ4v) is 1.25. The van der Waals surface area contributed by atoms with Crippen LogP contribution in [0.5, 0.6) is 5.75 Å². The molecule has 1 heterocycles. The fraction of sp³-hybridized carbons (Fsp3) is 0.167. The molecule has 14 heavy (non-hydrogen) atoms. The SMILES string of the molecule is Cc1cccc(OCc2ccoc2)c1. The van der Waals surface area contributed by atoms with E-state index in [9.17, 15) is 0 Å². The molecule has 0 aliphatic rings. The van der Waals surface area contributed by atoms with Crippen molar-refractivity contribution < 1.29 is 9.15 Å². The van der Waals surface area contributed by atoms with E-state index in [2.05, 4.69) is 0 Å². The maximum Gasteiger partial charge on any atom is 0.120 e. The van der Waals surface area contributed by atoms with Gasteiger partial charge in [0.15, 0.2) is 0 Å². The minimum atomic E-state index is 0.556. The Hall–Kier alpha value is -1.70. The van der Waals surface area contributed by atoms with Crippen LogP contribution in [0.4, 0.5) is 0 Å². The summed E-state index contributed by atoms with van der Waals surface area (Å²) in [6, 6.07) is 9.90. The molecule has 0 unspecified atom stereocenters. The quantitative estimate of drug-likeness (QED) is 0.738. The van der Waals surface area contributed by atoms with E-state index in [1.165, 1.54) is 5.56 Å².